The molecule has 0 N–H and O–H groups in total. The molecule has 0 aromatic heterocycles. The van der Waals surface area contributed by atoms with E-state index in [9.17, 15) is 0 Å². The van der Waals surface area contributed by atoms with Crippen molar-refractivity contribution in [2.24, 2.45) is 0 Å². The van der Waals surface area contributed by atoms with Gasteiger partial charge in [0, 0.05) is 18.5 Å². The molecule has 1 aliphatic rings. The quantitative estimate of drug-likeness (QED) is 0.562. The molecule has 16 heavy (non-hydrogen) atoms. The third kappa shape index (κ3) is 3.85. The molecule has 0 saturated heterocycles. The molecular formula is C11H21O2PS2. The van der Waals surface area contributed by atoms with Crippen LogP contribution in [0.15, 0.2) is 11.6 Å². The Labute approximate surface area is 108 Å². The molecule has 0 heterocycles. The Morgan fingerprint density at radius 1 is 1.56 bits per heavy atom. The molecule has 3 atom stereocenters. The second-order valence-corrected chi connectivity index (χ2v) is 9.11. The van der Waals surface area contributed by atoms with Gasteiger partial charge in [-0.15, -0.1) is 0 Å². The second kappa shape index (κ2) is 6.55. The summed E-state index contributed by atoms with van der Waals surface area (Å²) in [7, 11) is 1.66. The van der Waals surface area contributed by atoms with Crippen LogP contribution < -0.4 is 0 Å². The molecule has 0 spiro atoms. The highest BCUT2D eigenvalue weighted by Crippen LogP contribution is 2.50. The lowest BCUT2D eigenvalue weighted by Crippen LogP contribution is -2.20. The first-order valence-electron chi connectivity index (χ1n) is 5.59. The first-order valence-corrected chi connectivity index (χ1v) is 9.70. The van der Waals surface area contributed by atoms with Crippen LogP contribution in [0.2, 0.25) is 0 Å². The van der Waals surface area contributed by atoms with E-state index in [1.54, 1.807) is 7.11 Å². The Morgan fingerprint density at radius 2 is 2.25 bits per heavy atom. The summed E-state index contributed by atoms with van der Waals surface area (Å²) in [6.07, 6.45) is 7.58. The van der Waals surface area contributed by atoms with Crippen molar-refractivity contribution in [1.29, 1.82) is 0 Å². The fourth-order valence-corrected chi connectivity index (χ4v) is 4.09. The highest BCUT2D eigenvalue weighted by atomic mass is 32.5. The van der Waals surface area contributed by atoms with E-state index in [-0.39, 0.29) is 6.10 Å². The molecule has 2 nitrogen and oxygen atoms in total. The Kier molecular flexibility index (Phi) is 6.03. The smallest absolute Gasteiger partial charge is 0.188 e. The minimum absolute atomic E-state index is 0.161. The van der Waals surface area contributed by atoms with Crippen molar-refractivity contribution in [3.63, 3.8) is 0 Å². The SMILES string of the molecule is CCP(=S)(OC)OC1C=C(C)C(SC)CC1. The molecule has 0 amide bonds. The summed E-state index contributed by atoms with van der Waals surface area (Å²) >= 11 is 7.33. The van der Waals surface area contributed by atoms with Gasteiger partial charge in [0.05, 0.1) is 6.10 Å². The highest BCUT2D eigenvalue weighted by Gasteiger charge is 2.25. The molecule has 0 aromatic rings. The zero-order valence-corrected chi connectivity index (χ0v) is 13.0. The molecule has 0 bridgehead atoms. The summed E-state index contributed by atoms with van der Waals surface area (Å²) in [4.78, 5) is 0. The maximum atomic E-state index is 5.96. The van der Waals surface area contributed by atoms with Gasteiger partial charge in [-0.3, -0.25) is 0 Å². The normalized spacial score (nSPS) is 29.6. The summed E-state index contributed by atoms with van der Waals surface area (Å²) < 4.78 is 11.3. The highest BCUT2D eigenvalue weighted by molar-refractivity contribution is 8.09. The van der Waals surface area contributed by atoms with Crippen LogP contribution in [0.3, 0.4) is 0 Å². The van der Waals surface area contributed by atoms with Crippen molar-refractivity contribution in [2.45, 2.75) is 38.0 Å². The third-order valence-corrected chi connectivity index (χ3v) is 7.50. The Balaban J connectivity index is 2.64. The fourth-order valence-electron chi connectivity index (χ4n) is 1.87. The summed E-state index contributed by atoms with van der Waals surface area (Å²) in [6.45, 7) is 2.19. The summed E-state index contributed by atoms with van der Waals surface area (Å²) in [5.74, 6) is 0. The fraction of sp³-hybridized carbons (Fsp3) is 0.818. The maximum absolute atomic E-state index is 5.96. The van der Waals surface area contributed by atoms with E-state index < -0.39 is 6.49 Å². The van der Waals surface area contributed by atoms with Crippen molar-refractivity contribution in [3.8, 4) is 0 Å². The van der Waals surface area contributed by atoms with Crippen LogP contribution in [0, 0.1) is 0 Å². The van der Waals surface area contributed by atoms with Gasteiger partial charge in [0.15, 0.2) is 6.49 Å². The third-order valence-electron chi connectivity index (χ3n) is 2.92. The molecule has 0 aromatic carbocycles. The number of hydrogen-bond acceptors (Lipinski definition) is 4. The number of hydrogen-bond donors (Lipinski definition) is 0. The van der Waals surface area contributed by atoms with Crippen LogP contribution in [-0.4, -0.2) is 30.9 Å². The van der Waals surface area contributed by atoms with Crippen LogP contribution in [0.25, 0.3) is 0 Å². The molecule has 5 heteroatoms. The average Bonchev–Trinajstić information content (AvgIpc) is 2.29. The van der Waals surface area contributed by atoms with Gasteiger partial charge < -0.3 is 9.05 Å². The van der Waals surface area contributed by atoms with E-state index in [0.29, 0.717) is 5.25 Å². The van der Waals surface area contributed by atoms with Crippen LogP contribution >= 0.6 is 18.3 Å². The van der Waals surface area contributed by atoms with E-state index in [1.807, 2.05) is 18.7 Å². The molecule has 1 aliphatic carbocycles. The minimum Gasteiger partial charge on any atom is -0.333 e. The van der Waals surface area contributed by atoms with Crippen LogP contribution in [0.5, 0.6) is 0 Å². The number of rotatable bonds is 5. The zero-order chi connectivity index (χ0) is 12.2. The molecule has 0 radical (unpaired) electrons. The van der Waals surface area contributed by atoms with Crippen LogP contribution in [0.1, 0.15) is 26.7 Å². The van der Waals surface area contributed by atoms with E-state index in [1.165, 1.54) is 12.0 Å². The predicted molar refractivity (Wildman–Crippen MR) is 77.0 cm³/mol. The zero-order valence-electron chi connectivity index (χ0n) is 10.4. The van der Waals surface area contributed by atoms with E-state index in [0.717, 1.165) is 12.6 Å². The summed E-state index contributed by atoms with van der Waals surface area (Å²) in [5, 5.41) is 0.655. The van der Waals surface area contributed by atoms with Gasteiger partial charge in [0.25, 0.3) is 0 Å². The van der Waals surface area contributed by atoms with Crippen molar-refractivity contribution in [2.75, 3.05) is 19.5 Å². The molecular weight excluding hydrogens is 259 g/mol. The summed E-state index contributed by atoms with van der Waals surface area (Å²) in [5.41, 5.74) is 1.41. The van der Waals surface area contributed by atoms with Crippen LogP contribution in [-0.2, 0) is 20.9 Å². The lowest BCUT2D eigenvalue weighted by molar-refractivity contribution is 0.213. The maximum Gasteiger partial charge on any atom is 0.188 e. The first kappa shape index (κ1) is 14.7. The van der Waals surface area contributed by atoms with E-state index in [4.69, 9.17) is 20.9 Å². The lowest BCUT2D eigenvalue weighted by atomic mass is 9.98. The van der Waals surface area contributed by atoms with Crippen molar-refractivity contribution in [1.82, 2.24) is 0 Å². The van der Waals surface area contributed by atoms with Gasteiger partial charge in [-0.05, 0) is 37.8 Å². The number of thioether (sulfide) groups is 1. The molecule has 0 fully saturated rings. The molecule has 0 aliphatic heterocycles. The Hall–Kier alpha value is 0.660. The van der Waals surface area contributed by atoms with Crippen LogP contribution in [0.4, 0.5) is 0 Å². The summed E-state index contributed by atoms with van der Waals surface area (Å²) in [6, 6.07) is 0. The molecule has 3 unspecified atom stereocenters. The van der Waals surface area contributed by atoms with Gasteiger partial charge in [-0.25, -0.2) is 0 Å². The lowest BCUT2D eigenvalue weighted by Gasteiger charge is -2.29. The molecule has 0 saturated carbocycles. The molecule has 1 rings (SSSR count). The van der Waals surface area contributed by atoms with Gasteiger partial charge >= 0.3 is 0 Å². The monoisotopic (exact) mass is 280 g/mol. The largest absolute Gasteiger partial charge is 0.333 e. The predicted octanol–water partition coefficient (Wildman–Crippen LogP) is 3.82. The standard InChI is InChI=1S/C11H21O2PS2/c1-5-14(15,12-3)13-10-6-7-11(16-4)9(2)8-10/h8,10-11H,5-7H2,1-4H3. The Morgan fingerprint density at radius 3 is 2.69 bits per heavy atom. The minimum atomic E-state index is -2.02. The van der Waals surface area contributed by atoms with E-state index in [2.05, 4.69) is 19.3 Å². The van der Waals surface area contributed by atoms with Gasteiger partial charge in [-0.2, -0.15) is 11.8 Å². The van der Waals surface area contributed by atoms with Crippen molar-refractivity contribution in [3.05, 3.63) is 11.6 Å². The van der Waals surface area contributed by atoms with E-state index >= 15 is 0 Å². The van der Waals surface area contributed by atoms with Gasteiger partial charge in [0.1, 0.15) is 0 Å². The molecule has 94 valence electrons. The van der Waals surface area contributed by atoms with Crippen molar-refractivity contribution >= 4 is 30.1 Å². The average molecular weight is 280 g/mol. The first-order chi connectivity index (χ1) is 7.54. The van der Waals surface area contributed by atoms with Gasteiger partial charge in [-0.1, -0.05) is 18.6 Å². The topological polar surface area (TPSA) is 18.5 Å². The Bertz CT molecular complexity index is 296. The second-order valence-electron chi connectivity index (χ2n) is 3.97. The van der Waals surface area contributed by atoms with Gasteiger partial charge in [0.2, 0.25) is 0 Å². The van der Waals surface area contributed by atoms with Crippen molar-refractivity contribution < 1.29 is 9.05 Å².